The van der Waals surface area contributed by atoms with Crippen molar-refractivity contribution in [2.24, 2.45) is 5.16 Å². The van der Waals surface area contributed by atoms with Crippen LogP contribution in [0.2, 0.25) is 0 Å². The summed E-state index contributed by atoms with van der Waals surface area (Å²) in [5.74, 6) is -0.613. The first-order chi connectivity index (χ1) is 12.0. The first-order valence-corrected chi connectivity index (χ1v) is 8.73. The van der Waals surface area contributed by atoms with Crippen molar-refractivity contribution in [2.75, 3.05) is 4.90 Å². The van der Waals surface area contributed by atoms with Gasteiger partial charge in [-0.1, -0.05) is 50.9 Å². The van der Waals surface area contributed by atoms with Crippen molar-refractivity contribution in [3.05, 3.63) is 64.1 Å². The molecule has 1 fully saturated rings. The van der Waals surface area contributed by atoms with Gasteiger partial charge in [-0.15, -0.1) is 0 Å². The lowest BCUT2D eigenvalue weighted by atomic mass is 9.92. The van der Waals surface area contributed by atoms with E-state index in [4.69, 9.17) is 4.84 Å². The molecule has 1 atom stereocenters. The molecule has 2 heterocycles. The fraction of sp³-hybridized carbons (Fsp3) is 0.211. The maximum atomic E-state index is 13.0. The molecule has 2 aliphatic heterocycles. The van der Waals surface area contributed by atoms with E-state index in [9.17, 15) is 9.59 Å². The number of hydrogen-bond donors (Lipinski definition) is 0. The zero-order chi connectivity index (χ0) is 17.6. The highest BCUT2D eigenvalue weighted by Crippen LogP contribution is 2.39. The van der Waals surface area contributed by atoms with Gasteiger partial charge in [0.2, 0.25) is 11.5 Å². The van der Waals surface area contributed by atoms with Crippen LogP contribution in [0.1, 0.15) is 24.0 Å². The van der Waals surface area contributed by atoms with E-state index >= 15 is 0 Å². The lowest BCUT2D eigenvalue weighted by molar-refractivity contribution is -0.136. The Bertz CT molecular complexity index is 890. The van der Waals surface area contributed by atoms with Crippen molar-refractivity contribution in [1.82, 2.24) is 0 Å². The van der Waals surface area contributed by atoms with Gasteiger partial charge in [-0.05, 0) is 36.8 Å². The Kier molecular flexibility index (Phi) is 3.72. The smallest absolute Gasteiger partial charge is 0.281 e. The highest BCUT2D eigenvalue weighted by atomic mass is 79.9. The molecule has 6 heteroatoms. The van der Waals surface area contributed by atoms with Crippen LogP contribution in [0.15, 0.2) is 58.2 Å². The number of anilines is 1. The van der Waals surface area contributed by atoms with Crippen LogP contribution >= 0.6 is 15.9 Å². The molecule has 2 aromatic carbocycles. The molecule has 0 saturated carbocycles. The number of oxime groups is 1. The third-order valence-corrected chi connectivity index (χ3v) is 5.06. The van der Waals surface area contributed by atoms with Gasteiger partial charge in [-0.3, -0.25) is 9.59 Å². The van der Waals surface area contributed by atoms with Gasteiger partial charge in [0.05, 0.1) is 17.8 Å². The van der Waals surface area contributed by atoms with E-state index in [1.165, 1.54) is 4.90 Å². The number of rotatable bonds is 2. The molecule has 126 valence electrons. The molecule has 0 aromatic heterocycles. The van der Waals surface area contributed by atoms with E-state index in [0.717, 1.165) is 15.6 Å². The number of carbonyl (C=O) groups excluding carboxylic acids is 2. The SMILES string of the molecule is Cc1ccc(N2C(=O)CC3(CC(c4ccc(Br)cc4)=NO3)C2=O)cc1. The van der Waals surface area contributed by atoms with Gasteiger partial charge in [0.25, 0.3) is 5.91 Å². The van der Waals surface area contributed by atoms with Gasteiger partial charge in [0.1, 0.15) is 0 Å². The molecule has 0 radical (unpaired) electrons. The summed E-state index contributed by atoms with van der Waals surface area (Å²) in [6, 6.07) is 14.9. The highest BCUT2D eigenvalue weighted by molar-refractivity contribution is 9.10. The number of aryl methyl sites for hydroxylation is 1. The molecule has 2 aromatic rings. The number of nitrogens with zero attached hydrogens (tertiary/aromatic N) is 2. The maximum absolute atomic E-state index is 13.0. The monoisotopic (exact) mass is 398 g/mol. The van der Waals surface area contributed by atoms with Crippen LogP contribution in [-0.2, 0) is 14.4 Å². The average Bonchev–Trinajstić information content (AvgIpc) is 3.12. The second-order valence-electron chi connectivity index (χ2n) is 6.35. The van der Waals surface area contributed by atoms with Crippen molar-refractivity contribution in [2.45, 2.75) is 25.4 Å². The number of halogens is 1. The van der Waals surface area contributed by atoms with Crippen LogP contribution in [0.4, 0.5) is 5.69 Å². The van der Waals surface area contributed by atoms with Crippen molar-refractivity contribution in [3.63, 3.8) is 0 Å². The number of amides is 2. The van der Waals surface area contributed by atoms with Gasteiger partial charge < -0.3 is 4.84 Å². The summed E-state index contributed by atoms with van der Waals surface area (Å²) in [5.41, 5.74) is 1.98. The van der Waals surface area contributed by atoms with Crippen molar-refractivity contribution < 1.29 is 14.4 Å². The molecule has 2 amide bonds. The van der Waals surface area contributed by atoms with E-state index in [1.54, 1.807) is 12.1 Å². The van der Waals surface area contributed by atoms with Crippen LogP contribution in [0.25, 0.3) is 0 Å². The Hall–Kier alpha value is -2.47. The van der Waals surface area contributed by atoms with E-state index < -0.39 is 5.60 Å². The van der Waals surface area contributed by atoms with Crippen molar-refractivity contribution in [1.29, 1.82) is 0 Å². The summed E-state index contributed by atoms with van der Waals surface area (Å²) in [6.45, 7) is 1.96. The van der Waals surface area contributed by atoms with Gasteiger partial charge in [-0.2, -0.15) is 0 Å². The van der Waals surface area contributed by atoms with Crippen LogP contribution in [0, 0.1) is 6.92 Å². The first kappa shape index (κ1) is 16.0. The normalized spacial score (nSPS) is 22.5. The Morgan fingerprint density at radius 2 is 1.72 bits per heavy atom. The Morgan fingerprint density at radius 3 is 2.40 bits per heavy atom. The maximum Gasteiger partial charge on any atom is 0.281 e. The van der Waals surface area contributed by atoms with Crippen LogP contribution < -0.4 is 4.90 Å². The zero-order valence-corrected chi connectivity index (χ0v) is 15.1. The lowest BCUT2D eigenvalue weighted by Gasteiger charge is -2.19. The molecule has 1 saturated heterocycles. The standard InChI is InChI=1S/C19H15BrN2O3/c1-12-2-8-15(9-3-12)22-17(23)11-19(18(22)24)10-16(21-25-19)13-4-6-14(20)7-5-13/h2-9H,10-11H2,1H3. The molecule has 1 unspecified atom stereocenters. The summed E-state index contributed by atoms with van der Waals surface area (Å²) in [4.78, 5) is 32.2. The van der Waals surface area contributed by atoms with Crippen molar-refractivity contribution >= 4 is 39.1 Å². The van der Waals surface area contributed by atoms with Gasteiger partial charge >= 0.3 is 0 Å². The van der Waals surface area contributed by atoms with Gasteiger partial charge in [0, 0.05) is 10.9 Å². The molecular formula is C19H15BrN2O3. The molecule has 25 heavy (non-hydrogen) atoms. The second kappa shape index (κ2) is 5.81. The molecule has 1 spiro atoms. The average molecular weight is 399 g/mol. The zero-order valence-electron chi connectivity index (χ0n) is 13.5. The van der Waals surface area contributed by atoms with Crippen LogP contribution in [0.3, 0.4) is 0 Å². The third-order valence-electron chi connectivity index (χ3n) is 4.53. The topological polar surface area (TPSA) is 59.0 Å². The number of hydrogen-bond acceptors (Lipinski definition) is 4. The molecule has 0 N–H and O–H groups in total. The van der Waals surface area contributed by atoms with Gasteiger partial charge in [0.15, 0.2) is 0 Å². The molecule has 2 aliphatic rings. The molecule has 0 aliphatic carbocycles. The summed E-state index contributed by atoms with van der Waals surface area (Å²) < 4.78 is 0.961. The highest BCUT2D eigenvalue weighted by Gasteiger charge is 2.57. The molecular weight excluding hydrogens is 384 g/mol. The van der Waals surface area contributed by atoms with E-state index in [2.05, 4.69) is 21.1 Å². The van der Waals surface area contributed by atoms with E-state index in [0.29, 0.717) is 17.8 Å². The first-order valence-electron chi connectivity index (χ1n) is 7.94. The Morgan fingerprint density at radius 1 is 1.04 bits per heavy atom. The minimum absolute atomic E-state index is 0.00321. The van der Waals surface area contributed by atoms with Crippen LogP contribution in [0.5, 0.6) is 0 Å². The largest absolute Gasteiger partial charge is 0.378 e. The Balaban J connectivity index is 1.60. The minimum Gasteiger partial charge on any atom is -0.378 e. The fourth-order valence-electron chi connectivity index (χ4n) is 3.16. The summed E-state index contributed by atoms with van der Waals surface area (Å²) >= 11 is 3.39. The summed E-state index contributed by atoms with van der Waals surface area (Å²) in [6.07, 6.45) is 0.296. The van der Waals surface area contributed by atoms with Crippen molar-refractivity contribution in [3.8, 4) is 0 Å². The van der Waals surface area contributed by atoms with Gasteiger partial charge in [-0.25, -0.2) is 4.90 Å². The fourth-order valence-corrected chi connectivity index (χ4v) is 3.42. The lowest BCUT2D eigenvalue weighted by Crippen LogP contribution is -2.40. The summed E-state index contributed by atoms with van der Waals surface area (Å²) in [5, 5.41) is 4.10. The number of imide groups is 1. The third kappa shape index (κ3) is 2.66. The predicted octanol–water partition coefficient (Wildman–Crippen LogP) is 3.58. The number of carbonyl (C=O) groups is 2. The Labute approximate surface area is 153 Å². The van der Waals surface area contributed by atoms with E-state index in [-0.39, 0.29) is 18.2 Å². The molecule has 0 bridgehead atoms. The summed E-state index contributed by atoms with van der Waals surface area (Å²) in [7, 11) is 0. The van der Waals surface area contributed by atoms with E-state index in [1.807, 2.05) is 43.3 Å². The predicted molar refractivity (Wildman–Crippen MR) is 97.4 cm³/mol. The second-order valence-corrected chi connectivity index (χ2v) is 7.27. The molecule has 5 nitrogen and oxygen atoms in total. The molecule has 4 rings (SSSR count). The van der Waals surface area contributed by atoms with Crippen LogP contribution in [-0.4, -0.2) is 23.1 Å². The number of benzene rings is 2. The minimum atomic E-state index is -1.22. The quantitative estimate of drug-likeness (QED) is 0.726.